The molecule has 0 saturated carbocycles. The zero-order chi connectivity index (χ0) is 16.7. The van der Waals surface area contributed by atoms with Gasteiger partial charge in [0.15, 0.2) is 0 Å². The van der Waals surface area contributed by atoms with E-state index in [1.54, 1.807) is 12.1 Å². The number of nitrogens with one attached hydrogen (secondary N) is 1. The number of hydrogen-bond donors (Lipinski definition) is 1. The Balaban J connectivity index is 1.69. The standard InChI is InChI=1S/C18H21FN2O2/c1-14(13-16-6-10-18(11-7-16)21(22)23)20-12-2-3-15-4-8-17(19)9-5-15/h4-11,14,20H,2-3,12-13H2,1H3. The van der Waals surface area contributed by atoms with Crippen molar-refractivity contribution in [3.63, 3.8) is 0 Å². The van der Waals surface area contributed by atoms with Crippen molar-refractivity contribution in [2.24, 2.45) is 0 Å². The molecule has 0 aliphatic carbocycles. The number of nitro benzene ring substituents is 1. The lowest BCUT2D eigenvalue weighted by atomic mass is 10.1. The van der Waals surface area contributed by atoms with Crippen LogP contribution in [0.25, 0.3) is 0 Å². The van der Waals surface area contributed by atoms with Crippen molar-refractivity contribution in [3.8, 4) is 0 Å². The number of rotatable bonds is 8. The van der Waals surface area contributed by atoms with E-state index in [-0.39, 0.29) is 16.4 Å². The lowest BCUT2D eigenvalue weighted by molar-refractivity contribution is -0.384. The molecule has 0 spiro atoms. The van der Waals surface area contributed by atoms with Gasteiger partial charge in [-0.25, -0.2) is 4.39 Å². The molecule has 23 heavy (non-hydrogen) atoms. The fourth-order valence-electron chi connectivity index (χ4n) is 2.47. The van der Waals surface area contributed by atoms with Crippen LogP contribution in [0.3, 0.4) is 0 Å². The summed E-state index contributed by atoms with van der Waals surface area (Å²) in [4.78, 5) is 10.2. The molecule has 0 aliphatic heterocycles. The van der Waals surface area contributed by atoms with E-state index in [2.05, 4.69) is 12.2 Å². The van der Waals surface area contributed by atoms with Gasteiger partial charge < -0.3 is 5.32 Å². The van der Waals surface area contributed by atoms with E-state index in [1.165, 1.54) is 24.3 Å². The zero-order valence-corrected chi connectivity index (χ0v) is 13.2. The Morgan fingerprint density at radius 1 is 1.09 bits per heavy atom. The summed E-state index contributed by atoms with van der Waals surface area (Å²) in [7, 11) is 0. The van der Waals surface area contributed by atoms with Crippen LogP contribution in [0.5, 0.6) is 0 Å². The van der Waals surface area contributed by atoms with Crippen molar-refractivity contribution in [2.45, 2.75) is 32.2 Å². The summed E-state index contributed by atoms with van der Waals surface area (Å²) < 4.78 is 12.8. The fourth-order valence-corrected chi connectivity index (χ4v) is 2.47. The van der Waals surface area contributed by atoms with Crippen molar-refractivity contribution >= 4 is 5.69 Å². The molecule has 5 heteroatoms. The fraction of sp³-hybridized carbons (Fsp3) is 0.333. The van der Waals surface area contributed by atoms with Crippen LogP contribution < -0.4 is 5.32 Å². The molecule has 2 aromatic carbocycles. The van der Waals surface area contributed by atoms with Gasteiger partial charge in [-0.3, -0.25) is 10.1 Å². The van der Waals surface area contributed by atoms with Crippen LogP contribution >= 0.6 is 0 Å². The Morgan fingerprint density at radius 3 is 2.30 bits per heavy atom. The Bertz CT molecular complexity index is 626. The summed E-state index contributed by atoms with van der Waals surface area (Å²) in [6.45, 7) is 2.98. The first-order valence-electron chi connectivity index (χ1n) is 7.76. The second-order valence-corrected chi connectivity index (χ2v) is 5.71. The van der Waals surface area contributed by atoms with E-state index in [0.717, 1.165) is 36.9 Å². The molecule has 0 heterocycles. The van der Waals surface area contributed by atoms with Crippen LogP contribution in [0.2, 0.25) is 0 Å². The minimum Gasteiger partial charge on any atom is -0.314 e. The molecule has 122 valence electrons. The Morgan fingerprint density at radius 2 is 1.70 bits per heavy atom. The molecule has 4 nitrogen and oxygen atoms in total. The molecule has 0 amide bonds. The SMILES string of the molecule is CC(Cc1ccc([N+](=O)[O-])cc1)NCCCc1ccc(F)cc1. The maximum atomic E-state index is 12.8. The van der Waals surface area contributed by atoms with Crippen LogP contribution in [0.15, 0.2) is 48.5 Å². The minimum absolute atomic E-state index is 0.119. The highest BCUT2D eigenvalue weighted by Crippen LogP contribution is 2.13. The topological polar surface area (TPSA) is 55.2 Å². The molecule has 1 atom stereocenters. The Kier molecular flexibility index (Phi) is 6.23. The molecule has 1 unspecified atom stereocenters. The molecule has 0 saturated heterocycles. The molecule has 0 aliphatic rings. The number of nitrogens with zero attached hydrogens (tertiary/aromatic N) is 1. The van der Waals surface area contributed by atoms with Gasteiger partial charge >= 0.3 is 0 Å². The number of non-ortho nitro benzene ring substituents is 1. The average molecular weight is 316 g/mol. The third-order valence-corrected chi connectivity index (χ3v) is 3.74. The van der Waals surface area contributed by atoms with Gasteiger partial charge in [0.05, 0.1) is 4.92 Å². The van der Waals surface area contributed by atoms with Crippen molar-refractivity contribution in [2.75, 3.05) is 6.54 Å². The molecule has 2 rings (SSSR count). The summed E-state index contributed by atoms with van der Waals surface area (Å²) in [6, 6.07) is 13.6. The van der Waals surface area contributed by atoms with Crippen molar-refractivity contribution in [1.82, 2.24) is 5.32 Å². The van der Waals surface area contributed by atoms with Gasteiger partial charge in [0, 0.05) is 18.2 Å². The maximum absolute atomic E-state index is 12.8. The minimum atomic E-state index is -0.388. The van der Waals surface area contributed by atoms with E-state index in [9.17, 15) is 14.5 Å². The highest BCUT2D eigenvalue weighted by atomic mass is 19.1. The van der Waals surface area contributed by atoms with E-state index in [0.29, 0.717) is 6.04 Å². The maximum Gasteiger partial charge on any atom is 0.269 e. The second kappa shape index (κ2) is 8.39. The first kappa shape index (κ1) is 17.1. The van der Waals surface area contributed by atoms with E-state index >= 15 is 0 Å². The average Bonchev–Trinajstić information content (AvgIpc) is 2.54. The van der Waals surface area contributed by atoms with E-state index in [4.69, 9.17) is 0 Å². The molecule has 0 aromatic heterocycles. The molecular weight excluding hydrogens is 295 g/mol. The van der Waals surface area contributed by atoms with Gasteiger partial charge in [0.2, 0.25) is 0 Å². The van der Waals surface area contributed by atoms with Crippen molar-refractivity contribution < 1.29 is 9.31 Å². The van der Waals surface area contributed by atoms with E-state index in [1.807, 2.05) is 12.1 Å². The number of halogens is 1. The number of nitro groups is 1. The Hall–Kier alpha value is -2.27. The van der Waals surface area contributed by atoms with Crippen LogP contribution in [0.1, 0.15) is 24.5 Å². The molecule has 0 bridgehead atoms. The number of benzene rings is 2. The van der Waals surface area contributed by atoms with Gasteiger partial charge in [0.1, 0.15) is 5.82 Å². The van der Waals surface area contributed by atoms with Crippen LogP contribution in [-0.2, 0) is 12.8 Å². The summed E-state index contributed by atoms with van der Waals surface area (Å²) in [5.74, 6) is -0.205. The lowest BCUT2D eigenvalue weighted by Gasteiger charge is -2.13. The summed E-state index contributed by atoms with van der Waals surface area (Å²) in [5.41, 5.74) is 2.33. The van der Waals surface area contributed by atoms with Crippen LogP contribution in [0.4, 0.5) is 10.1 Å². The molecule has 0 fully saturated rings. The third kappa shape index (κ3) is 5.79. The number of aryl methyl sites for hydroxylation is 1. The number of hydrogen-bond acceptors (Lipinski definition) is 3. The van der Waals surface area contributed by atoms with Gasteiger partial charge in [0.25, 0.3) is 5.69 Å². The van der Waals surface area contributed by atoms with Crippen LogP contribution in [-0.4, -0.2) is 17.5 Å². The first-order chi connectivity index (χ1) is 11.0. The summed E-state index contributed by atoms with van der Waals surface area (Å²) in [6.07, 6.45) is 2.72. The predicted octanol–water partition coefficient (Wildman–Crippen LogP) is 3.89. The third-order valence-electron chi connectivity index (χ3n) is 3.74. The smallest absolute Gasteiger partial charge is 0.269 e. The van der Waals surface area contributed by atoms with Gasteiger partial charge in [-0.05, 0) is 56.0 Å². The van der Waals surface area contributed by atoms with Gasteiger partial charge in [-0.1, -0.05) is 24.3 Å². The second-order valence-electron chi connectivity index (χ2n) is 5.71. The quantitative estimate of drug-likeness (QED) is 0.457. The van der Waals surface area contributed by atoms with Gasteiger partial charge in [-0.15, -0.1) is 0 Å². The van der Waals surface area contributed by atoms with Crippen molar-refractivity contribution in [1.29, 1.82) is 0 Å². The van der Waals surface area contributed by atoms with Gasteiger partial charge in [-0.2, -0.15) is 0 Å². The molecule has 1 N–H and O–H groups in total. The molecule has 2 aromatic rings. The Labute approximate surface area is 135 Å². The zero-order valence-electron chi connectivity index (χ0n) is 13.2. The first-order valence-corrected chi connectivity index (χ1v) is 7.76. The summed E-state index contributed by atoms with van der Waals surface area (Å²) >= 11 is 0. The molecular formula is C18H21FN2O2. The largest absolute Gasteiger partial charge is 0.314 e. The summed E-state index contributed by atoms with van der Waals surface area (Å²) in [5, 5.41) is 14.1. The predicted molar refractivity (Wildman–Crippen MR) is 89.0 cm³/mol. The van der Waals surface area contributed by atoms with Crippen molar-refractivity contribution in [3.05, 3.63) is 75.6 Å². The highest BCUT2D eigenvalue weighted by Gasteiger charge is 2.07. The van der Waals surface area contributed by atoms with E-state index < -0.39 is 0 Å². The van der Waals surface area contributed by atoms with Crippen LogP contribution in [0, 0.1) is 15.9 Å². The normalized spacial score (nSPS) is 12.1. The monoisotopic (exact) mass is 316 g/mol. The highest BCUT2D eigenvalue weighted by molar-refractivity contribution is 5.33. The molecule has 0 radical (unpaired) electrons. The lowest BCUT2D eigenvalue weighted by Crippen LogP contribution is -2.29.